The fraction of sp³-hybridized carbons (Fsp3) is 0.176. The van der Waals surface area contributed by atoms with Gasteiger partial charge in [0.15, 0.2) is 0 Å². The molecule has 2 aromatic rings. The molecule has 0 aromatic heterocycles. The summed E-state index contributed by atoms with van der Waals surface area (Å²) in [6.45, 7) is 0. The second-order valence-corrected chi connectivity index (χ2v) is 8.55. The summed E-state index contributed by atoms with van der Waals surface area (Å²) in [4.78, 5) is 0. The number of hydrogen-bond acceptors (Lipinski definition) is 4. The van der Waals surface area contributed by atoms with Crippen LogP contribution >= 0.6 is 31.4 Å². The van der Waals surface area contributed by atoms with Crippen molar-refractivity contribution in [1.82, 2.24) is 0 Å². The van der Waals surface area contributed by atoms with E-state index >= 15 is 0 Å². The average molecular weight is 335 g/mol. The van der Waals surface area contributed by atoms with Gasteiger partial charge in [-0.05, 0) is 33.1 Å². The van der Waals surface area contributed by atoms with Crippen LogP contribution in [0, 0.1) is 0 Å². The summed E-state index contributed by atoms with van der Waals surface area (Å²) in [5, 5.41) is 0. The van der Waals surface area contributed by atoms with E-state index in [0.29, 0.717) is 0 Å². The van der Waals surface area contributed by atoms with E-state index in [0.717, 1.165) is 17.3 Å². The minimum atomic E-state index is 0.914. The molecule has 0 unspecified atom stereocenters. The first-order chi connectivity index (χ1) is 10.4. The molecule has 110 valence electrons. The van der Waals surface area contributed by atoms with Gasteiger partial charge in [-0.15, -0.1) is 0 Å². The molecule has 0 aliphatic heterocycles. The van der Waals surface area contributed by atoms with E-state index < -0.39 is 0 Å². The maximum Gasteiger partial charge on any atom is 0.118 e. The van der Waals surface area contributed by atoms with Crippen molar-refractivity contribution in [3.05, 3.63) is 71.8 Å². The zero-order valence-corrected chi connectivity index (χ0v) is 14.3. The highest BCUT2D eigenvalue weighted by molar-refractivity contribution is 9.09. The van der Waals surface area contributed by atoms with Gasteiger partial charge in [-0.3, -0.25) is 0 Å². The predicted octanol–water partition coefficient (Wildman–Crippen LogP) is 5.94. The predicted molar refractivity (Wildman–Crippen MR) is 99.8 cm³/mol. The Kier molecular flexibility index (Phi) is 7.71. The molecule has 0 fully saturated rings. The fourth-order valence-electron chi connectivity index (χ4n) is 1.66. The Morgan fingerprint density at radius 3 is 2.43 bits per heavy atom. The topological polar surface area (TPSA) is 9.23 Å². The number of benzene rings is 2. The summed E-state index contributed by atoms with van der Waals surface area (Å²) in [7, 11) is 7.28. The fourth-order valence-corrected chi connectivity index (χ4v) is 5.04. The molecule has 0 amide bonds. The van der Waals surface area contributed by atoms with Crippen molar-refractivity contribution >= 4 is 37.5 Å². The van der Waals surface area contributed by atoms with Crippen molar-refractivity contribution in [2.75, 3.05) is 12.9 Å². The molecule has 0 spiro atoms. The number of rotatable bonds is 8. The third-order valence-electron chi connectivity index (χ3n) is 2.76. The van der Waals surface area contributed by atoms with Gasteiger partial charge in [0.05, 0.1) is 7.11 Å². The van der Waals surface area contributed by atoms with E-state index in [1.54, 1.807) is 7.11 Å². The molecule has 0 heterocycles. The van der Waals surface area contributed by atoms with Gasteiger partial charge in [0.25, 0.3) is 0 Å². The first kappa shape index (κ1) is 16.4. The largest absolute Gasteiger partial charge is 0.497 e. The first-order valence-corrected chi connectivity index (χ1v) is 10.5. The first-order valence-electron chi connectivity index (χ1n) is 6.64. The Morgan fingerprint density at radius 1 is 0.952 bits per heavy atom. The Labute approximate surface area is 138 Å². The molecule has 0 saturated heterocycles. The van der Waals surface area contributed by atoms with Crippen molar-refractivity contribution in [3.8, 4) is 5.75 Å². The van der Waals surface area contributed by atoms with E-state index in [9.17, 15) is 0 Å². The summed E-state index contributed by atoms with van der Waals surface area (Å²) in [6.07, 6.45) is 4.38. The Balaban J connectivity index is 1.58. The van der Waals surface area contributed by atoms with Crippen molar-refractivity contribution in [3.63, 3.8) is 0 Å². The van der Waals surface area contributed by atoms with Crippen LogP contribution in [0.5, 0.6) is 5.75 Å². The molecule has 1 nitrogen and oxygen atoms in total. The molecule has 0 aliphatic rings. The molecule has 2 rings (SSSR count). The van der Waals surface area contributed by atoms with Crippen molar-refractivity contribution in [2.24, 2.45) is 0 Å². The third-order valence-corrected chi connectivity index (χ3v) is 6.80. The molecule has 0 aliphatic carbocycles. The van der Waals surface area contributed by atoms with E-state index in [2.05, 4.69) is 48.6 Å². The SMILES string of the molecule is COc1ccc(CSSSC/C=C/c2ccccc2)cc1. The van der Waals surface area contributed by atoms with Crippen LogP contribution in [0.4, 0.5) is 0 Å². The summed E-state index contributed by atoms with van der Waals surface area (Å²) < 4.78 is 5.15. The number of ether oxygens (including phenoxy) is 1. The van der Waals surface area contributed by atoms with Gasteiger partial charge in [-0.25, -0.2) is 0 Å². The summed E-state index contributed by atoms with van der Waals surface area (Å²) in [5.74, 6) is 2.95. The Hall–Kier alpha value is -0.970. The molecule has 0 saturated carbocycles. The highest BCUT2D eigenvalue weighted by Crippen LogP contribution is 2.37. The Morgan fingerprint density at radius 2 is 1.71 bits per heavy atom. The second kappa shape index (κ2) is 9.87. The van der Waals surface area contributed by atoms with Gasteiger partial charge in [-0.1, -0.05) is 76.2 Å². The average Bonchev–Trinajstić information content (AvgIpc) is 2.55. The smallest absolute Gasteiger partial charge is 0.118 e. The highest BCUT2D eigenvalue weighted by atomic mass is 33.5. The van der Waals surface area contributed by atoms with Gasteiger partial charge >= 0.3 is 0 Å². The quantitative estimate of drug-likeness (QED) is 0.436. The van der Waals surface area contributed by atoms with Crippen LogP contribution in [0.25, 0.3) is 6.08 Å². The third kappa shape index (κ3) is 6.55. The number of methoxy groups -OCH3 is 1. The highest BCUT2D eigenvalue weighted by Gasteiger charge is 1.96. The summed E-state index contributed by atoms with van der Waals surface area (Å²) >= 11 is 0. The standard InChI is InChI=1S/C17H18OS3/c1-18-17-11-9-16(10-12-17)14-20-21-19-13-5-8-15-6-3-2-4-7-15/h2-12H,13-14H2,1H3/b8-5+. The molecule has 2 aromatic carbocycles. The lowest BCUT2D eigenvalue weighted by atomic mass is 10.2. The monoisotopic (exact) mass is 334 g/mol. The summed E-state index contributed by atoms with van der Waals surface area (Å²) in [6, 6.07) is 18.7. The van der Waals surface area contributed by atoms with Crippen LogP contribution in [0.1, 0.15) is 11.1 Å². The molecule has 4 heteroatoms. The van der Waals surface area contributed by atoms with E-state index in [1.165, 1.54) is 11.1 Å². The van der Waals surface area contributed by atoms with Crippen LogP contribution in [0.15, 0.2) is 60.7 Å². The zero-order chi connectivity index (χ0) is 14.8. The minimum Gasteiger partial charge on any atom is -0.497 e. The molecule has 0 bridgehead atoms. The molecule has 0 N–H and O–H groups in total. The number of hydrogen-bond donors (Lipinski definition) is 0. The van der Waals surface area contributed by atoms with Crippen molar-refractivity contribution in [2.45, 2.75) is 5.75 Å². The Bertz CT molecular complexity index is 538. The van der Waals surface area contributed by atoms with Gasteiger partial charge in [0.2, 0.25) is 0 Å². The van der Waals surface area contributed by atoms with Crippen molar-refractivity contribution < 1.29 is 4.74 Å². The summed E-state index contributed by atoms with van der Waals surface area (Å²) in [5.41, 5.74) is 2.59. The van der Waals surface area contributed by atoms with Crippen LogP contribution in [0.3, 0.4) is 0 Å². The second-order valence-electron chi connectivity index (χ2n) is 4.28. The lowest BCUT2D eigenvalue weighted by Crippen LogP contribution is -1.83. The normalized spacial score (nSPS) is 10.9. The molecular formula is C17H18OS3. The van der Waals surface area contributed by atoms with E-state index in [-0.39, 0.29) is 0 Å². The van der Waals surface area contributed by atoms with Crippen LogP contribution in [-0.2, 0) is 5.75 Å². The maximum absolute atomic E-state index is 5.15. The van der Waals surface area contributed by atoms with Crippen LogP contribution < -0.4 is 4.74 Å². The zero-order valence-electron chi connectivity index (χ0n) is 11.9. The van der Waals surface area contributed by atoms with E-state index in [4.69, 9.17) is 4.74 Å². The maximum atomic E-state index is 5.15. The van der Waals surface area contributed by atoms with Gasteiger partial charge in [-0.2, -0.15) is 0 Å². The van der Waals surface area contributed by atoms with Gasteiger partial charge in [0, 0.05) is 11.5 Å². The van der Waals surface area contributed by atoms with Crippen LogP contribution in [-0.4, -0.2) is 12.9 Å². The molecule has 0 atom stereocenters. The van der Waals surface area contributed by atoms with E-state index in [1.807, 2.05) is 49.6 Å². The van der Waals surface area contributed by atoms with Crippen molar-refractivity contribution in [1.29, 1.82) is 0 Å². The minimum absolute atomic E-state index is 0.914. The van der Waals surface area contributed by atoms with Gasteiger partial charge in [0.1, 0.15) is 5.75 Å². The lowest BCUT2D eigenvalue weighted by molar-refractivity contribution is 0.414. The molecule has 0 radical (unpaired) electrons. The van der Waals surface area contributed by atoms with Gasteiger partial charge < -0.3 is 4.74 Å². The molecule has 21 heavy (non-hydrogen) atoms. The molecular weight excluding hydrogens is 316 g/mol. The lowest BCUT2D eigenvalue weighted by Gasteiger charge is -2.02. The van der Waals surface area contributed by atoms with Crippen LogP contribution in [0.2, 0.25) is 0 Å².